The van der Waals surface area contributed by atoms with Crippen LogP contribution in [0.15, 0.2) is 60.7 Å². The fraction of sp³-hybridized carbons (Fsp3) is 0.179. The molecule has 0 saturated carbocycles. The summed E-state index contributed by atoms with van der Waals surface area (Å²) in [6.07, 6.45) is 0.260. The molecule has 0 N–H and O–H groups in total. The Morgan fingerprint density at radius 2 is 1.68 bits per heavy atom. The van der Waals surface area contributed by atoms with Crippen molar-refractivity contribution < 1.29 is 23.0 Å². The number of hydrogen-bond donors (Lipinski definition) is 0. The fourth-order valence-electron chi connectivity index (χ4n) is 4.39. The molecule has 0 radical (unpaired) electrons. The first-order chi connectivity index (χ1) is 17.9. The molecule has 5 rings (SSSR count). The van der Waals surface area contributed by atoms with Crippen molar-refractivity contribution >= 4 is 17.5 Å². The number of amides is 1. The molecule has 9 heteroatoms. The lowest BCUT2D eigenvalue weighted by Crippen LogP contribution is -2.24. The van der Waals surface area contributed by atoms with Crippen LogP contribution in [-0.4, -0.2) is 35.0 Å². The van der Waals surface area contributed by atoms with E-state index in [2.05, 4.69) is 9.97 Å². The Kier molecular flexibility index (Phi) is 6.76. The average Bonchev–Trinajstić information content (AvgIpc) is 3.20. The first-order valence-corrected chi connectivity index (χ1v) is 11.8. The van der Waals surface area contributed by atoms with Crippen LogP contribution in [0.5, 0.6) is 11.5 Å². The highest BCUT2D eigenvalue weighted by Crippen LogP contribution is 2.33. The van der Waals surface area contributed by atoms with E-state index in [4.69, 9.17) is 21.1 Å². The average molecular weight is 522 g/mol. The summed E-state index contributed by atoms with van der Waals surface area (Å²) in [5.41, 5.74) is 2.42. The summed E-state index contributed by atoms with van der Waals surface area (Å²) in [5.74, 6) is -0.718. The van der Waals surface area contributed by atoms with Crippen LogP contribution in [0.4, 0.5) is 8.78 Å². The Balaban J connectivity index is 1.56. The maximum atomic E-state index is 14.6. The molecule has 0 atom stereocenters. The Hall–Kier alpha value is -4.04. The van der Waals surface area contributed by atoms with Gasteiger partial charge in [-0.15, -0.1) is 0 Å². The molecule has 0 saturated heterocycles. The highest BCUT2D eigenvalue weighted by molar-refractivity contribution is 6.30. The second kappa shape index (κ2) is 10.1. The molecule has 37 heavy (non-hydrogen) atoms. The molecule has 1 aromatic heterocycles. The van der Waals surface area contributed by atoms with E-state index in [1.165, 1.54) is 6.07 Å². The van der Waals surface area contributed by atoms with E-state index in [9.17, 15) is 13.6 Å². The minimum Gasteiger partial charge on any atom is -0.497 e. The predicted octanol–water partition coefficient (Wildman–Crippen LogP) is 5.84. The molecule has 6 nitrogen and oxygen atoms in total. The van der Waals surface area contributed by atoms with Gasteiger partial charge >= 0.3 is 0 Å². The molecule has 1 aliphatic rings. The first kappa shape index (κ1) is 24.6. The molecule has 4 aromatic rings. The molecule has 188 valence electrons. The fourth-order valence-corrected chi connectivity index (χ4v) is 4.52. The molecule has 0 unspecified atom stereocenters. The predicted molar refractivity (Wildman–Crippen MR) is 135 cm³/mol. The Morgan fingerprint density at radius 1 is 0.946 bits per heavy atom. The number of methoxy groups -OCH3 is 2. The number of carbonyl (C=O) groups excluding carboxylic acids is 1. The van der Waals surface area contributed by atoms with Gasteiger partial charge in [0, 0.05) is 23.1 Å². The van der Waals surface area contributed by atoms with Gasteiger partial charge in [-0.3, -0.25) is 4.79 Å². The molecule has 0 bridgehead atoms. The molecule has 1 amide bonds. The van der Waals surface area contributed by atoms with Gasteiger partial charge in [0.15, 0.2) is 5.82 Å². The molecule has 2 heterocycles. The summed E-state index contributed by atoms with van der Waals surface area (Å²) in [6, 6.07) is 16.1. The van der Waals surface area contributed by atoms with E-state index in [1.54, 1.807) is 43.4 Å². The minimum absolute atomic E-state index is 0.102. The van der Waals surface area contributed by atoms with Crippen molar-refractivity contribution in [2.45, 2.75) is 19.5 Å². The second-order valence-electron chi connectivity index (χ2n) is 8.55. The topological polar surface area (TPSA) is 64.5 Å². The van der Waals surface area contributed by atoms with E-state index in [0.717, 1.165) is 23.3 Å². The maximum Gasteiger partial charge on any atom is 0.258 e. The molecule has 0 spiro atoms. The molecule has 0 aliphatic carbocycles. The van der Waals surface area contributed by atoms with Crippen LogP contribution in [0, 0.1) is 11.6 Å². The van der Waals surface area contributed by atoms with Gasteiger partial charge in [-0.1, -0.05) is 29.8 Å². The van der Waals surface area contributed by atoms with Gasteiger partial charge in [0.1, 0.15) is 23.1 Å². The van der Waals surface area contributed by atoms with Gasteiger partial charge in [0.05, 0.1) is 49.8 Å². The number of benzene rings is 3. The standard InChI is InChI=1S/C28H22ClF2N3O3/c1-36-19-11-8-17(24(13-19)37-2)14-34-15-23-26(28(34)35)22(12-16-6-9-18(29)10-7-16)32-27(33-23)25-20(30)4-3-5-21(25)31/h3-11,13H,12,14-15H2,1-2H3. The number of ether oxygens (including phenoxy) is 2. The van der Waals surface area contributed by atoms with Gasteiger partial charge in [0.2, 0.25) is 0 Å². The summed E-state index contributed by atoms with van der Waals surface area (Å²) in [4.78, 5) is 24.1. The quantitative estimate of drug-likeness (QED) is 0.306. The third-order valence-electron chi connectivity index (χ3n) is 6.23. The Morgan fingerprint density at radius 3 is 2.35 bits per heavy atom. The largest absolute Gasteiger partial charge is 0.497 e. The van der Waals surface area contributed by atoms with Gasteiger partial charge < -0.3 is 14.4 Å². The van der Waals surface area contributed by atoms with Crippen LogP contribution in [0.25, 0.3) is 11.4 Å². The van der Waals surface area contributed by atoms with Crippen LogP contribution in [-0.2, 0) is 19.5 Å². The lowest BCUT2D eigenvalue weighted by molar-refractivity contribution is 0.0764. The Bertz CT molecular complexity index is 1470. The number of halogens is 3. The smallest absolute Gasteiger partial charge is 0.258 e. The Labute approximate surface area is 217 Å². The van der Waals surface area contributed by atoms with Crippen LogP contribution >= 0.6 is 11.6 Å². The molecule has 1 aliphatic heterocycles. The lowest BCUT2D eigenvalue weighted by atomic mass is 10.0. The summed E-state index contributed by atoms with van der Waals surface area (Å²) in [6.45, 7) is 0.398. The van der Waals surface area contributed by atoms with Crippen molar-refractivity contribution in [2.75, 3.05) is 14.2 Å². The van der Waals surface area contributed by atoms with Crippen LogP contribution in [0.2, 0.25) is 5.02 Å². The number of rotatable bonds is 7. The van der Waals surface area contributed by atoms with Crippen molar-refractivity contribution in [1.29, 1.82) is 0 Å². The van der Waals surface area contributed by atoms with Crippen molar-refractivity contribution in [2.24, 2.45) is 0 Å². The summed E-state index contributed by atoms with van der Waals surface area (Å²) < 4.78 is 40.0. The van der Waals surface area contributed by atoms with E-state index in [1.807, 2.05) is 18.2 Å². The summed E-state index contributed by atoms with van der Waals surface area (Å²) in [5, 5.41) is 0.571. The van der Waals surface area contributed by atoms with E-state index < -0.39 is 11.6 Å². The number of carbonyl (C=O) groups is 1. The van der Waals surface area contributed by atoms with Gasteiger partial charge in [0.25, 0.3) is 5.91 Å². The van der Waals surface area contributed by atoms with Crippen molar-refractivity contribution in [3.05, 3.63) is 105 Å². The van der Waals surface area contributed by atoms with Gasteiger partial charge in [-0.05, 0) is 42.0 Å². The van der Waals surface area contributed by atoms with Crippen molar-refractivity contribution in [3.8, 4) is 22.9 Å². The van der Waals surface area contributed by atoms with E-state index in [-0.39, 0.29) is 36.8 Å². The van der Waals surface area contributed by atoms with E-state index in [0.29, 0.717) is 33.5 Å². The lowest BCUT2D eigenvalue weighted by Gasteiger charge is -2.18. The molecular weight excluding hydrogens is 500 g/mol. The molecule has 3 aromatic carbocycles. The number of hydrogen-bond acceptors (Lipinski definition) is 5. The van der Waals surface area contributed by atoms with E-state index >= 15 is 0 Å². The zero-order valence-electron chi connectivity index (χ0n) is 20.1. The van der Waals surface area contributed by atoms with Gasteiger partial charge in [-0.25, -0.2) is 18.7 Å². The number of fused-ring (bicyclic) bond motifs is 1. The highest BCUT2D eigenvalue weighted by atomic mass is 35.5. The number of aromatic nitrogens is 2. The highest BCUT2D eigenvalue weighted by Gasteiger charge is 2.34. The van der Waals surface area contributed by atoms with Crippen LogP contribution in [0.1, 0.15) is 32.9 Å². The van der Waals surface area contributed by atoms with Crippen molar-refractivity contribution in [1.82, 2.24) is 14.9 Å². The summed E-state index contributed by atoms with van der Waals surface area (Å²) >= 11 is 6.02. The zero-order chi connectivity index (χ0) is 26.1. The molecule has 0 fully saturated rings. The molecular formula is C28H22ClF2N3O3. The third-order valence-corrected chi connectivity index (χ3v) is 6.48. The maximum absolute atomic E-state index is 14.6. The monoisotopic (exact) mass is 521 g/mol. The summed E-state index contributed by atoms with van der Waals surface area (Å²) in [7, 11) is 3.11. The van der Waals surface area contributed by atoms with Crippen LogP contribution in [0.3, 0.4) is 0 Å². The second-order valence-corrected chi connectivity index (χ2v) is 8.99. The first-order valence-electron chi connectivity index (χ1n) is 11.5. The number of nitrogens with zero attached hydrogens (tertiary/aromatic N) is 3. The normalized spacial score (nSPS) is 12.6. The van der Waals surface area contributed by atoms with Crippen molar-refractivity contribution in [3.63, 3.8) is 0 Å². The van der Waals surface area contributed by atoms with Crippen LogP contribution < -0.4 is 9.47 Å². The third kappa shape index (κ3) is 4.84. The zero-order valence-corrected chi connectivity index (χ0v) is 20.9. The SMILES string of the molecule is COc1ccc(CN2Cc3nc(-c4c(F)cccc4F)nc(Cc4ccc(Cl)cc4)c3C2=O)c(OC)c1. The minimum atomic E-state index is -0.776. The van der Waals surface area contributed by atoms with Gasteiger partial charge in [-0.2, -0.15) is 0 Å².